The third-order valence-corrected chi connectivity index (χ3v) is 5.33. The van der Waals surface area contributed by atoms with Crippen molar-refractivity contribution >= 4 is 35.1 Å². The smallest absolute Gasteiger partial charge is 0.255 e. The van der Waals surface area contributed by atoms with Crippen molar-refractivity contribution in [2.24, 2.45) is 5.92 Å². The summed E-state index contributed by atoms with van der Waals surface area (Å²) in [7, 11) is 0. The molecule has 0 spiro atoms. The summed E-state index contributed by atoms with van der Waals surface area (Å²) < 4.78 is 0. The zero-order valence-corrected chi connectivity index (χ0v) is 20.1. The summed E-state index contributed by atoms with van der Waals surface area (Å²) in [6, 6.07) is 15.4. The molecule has 0 aliphatic carbocycles. The molecular weight excluding hydrogens is 443 g/mol. The zero-order chi connectivity index (χ0) is 23.1. The second kappa shape index (κ2) is 11.3. The van der Waals surface area contributed by atoms with Crippen LogP contribution in [0.15, 0.2) is 48.5 Å². The lowest BCUT2D eigenvalue weighted by molar-refractivity contribution is 0.0952. The molecule has 0 aliphatic heterocycles. The van der Waals surface area contributed by atoms with Crippen LogP contribution in [-0.2, 0) is 6.42 Å². The highest BCUT2D eigenvalue weighted by Gasteiger charge is 2.20. The number of benzene rings is 2. The Hall–Kier alpha value is -2.63. The van der Waals surface area contributed by atoms with E-state index in [1.807, 2.05) is 25.1 Å². The number of nitrogens with one attached hydrogen (secondary N) is 2. The third kappa shape index (κ3) is 6.68. The van der Waals surface area contributed by atoms with Gasteiger partial charge < -0.3 is 10.6 Å². The van der Waals surface area contributed by atoms with Gasteiger partial charge in [0, 0.05) is 28.7 Å². The van der Waals surface area contributed by atoms with Gasteiger partial charge in [-0.05, 0) is 49.4 Å². The molecule has 2 N–H and O–H groups in total. The Morgan fingerprint density at radius 3 is 2.38 bits per heavy atom. The van der Waals surface area contributed by atoms with Crippen LogP contribution < -0.4 is 10.6 Å². The maximum absolute atomic E-state index is 13.1. The lowest BCUT2D eigenvalue weighted by Crippen LogP contribution is -2.27. The SMILES string of the molecule is Cc1nc(NCC(C)C)nc(-c2cc(Cl)cc(Cl)c2)c1C(=O)NCCCc1ccccc1. The highest BCUT2D eigenvalue weighted by molar-refractivity contribution is 6.35. The highest BCUT2D eigenvalue weighted by atomic mass is 35.5. The van der Waals surface area contributed by atoms with E-state index in [0.717, 1.165) is 19.4 Å². The van der Waals surface area contributed by atoms with Crippen molar-refractivity contribution in [3.05, 3.63) is 75.4 Å². The number of nitrogens with zero attached hydrogens (tertiary/aromatic N) is 2. The van der Waals surface area contributed by atoms with Crippen LogP contribution in [0.5, 0.6) is 0 Å². The minimum absolute atomic E-state index is 0.211. The first-order valence-corrected chi connectivity index (χ1v) is 11.5. The van der Waals surface area contributed by atoms with Crippen molar-refractivity contribution in [1.29, 1.82) is 0 Å². The minimum atomic E-state index is -0.211. The molecular formula is C25H28Cl2N4O. The first-order chi connectivity index (χ1) is 15.3. The molecule has 7 heteroatoms. The van der Waals surface area contributed by atoms with Gasteiger partial charge >= 0.3 is 0 Å². The van der Waals surface area contributed by atoms with E-state index in [2.05, 4.69) is 46.6 Å². The predicted octanol–water partition coefficient (Wildman–Crippen LogP) is 6.19. The quantitative estimate of drug-likeness (QED) is 0.365. The molecule has 3 rings (SSSR count). The number of hydrogen-bond donors (Lipinski definition) is 2. The fraction of sp³-hybridized carbons (Fsp3) is 0.320. The second-order valence-corrected chi connectivity index (χ2v) is 9.01. The third-order valence-electron chi connectivity index (χ3n) is 4.89. The van der Waals surface area contributed by atoms with Crippen molar-refractivity contribution < 1.29 is 4.79 Å². The number of amides is 1. The highest BCUT2D eigenvalue weighted by Crippen LogP contribution is 2.30. The number of aromatic nitrogens is 2. The summed E-state index contributed by atoms with van der Waals surface area (Å²) in [4.78, 5) is 22.3. The van der Waals surface area contributed by atoms with Crippen LogP contribution in [0.3, 0.4) is 0 Å². The molecule has 0 fully saturated rings. The normalized spacial score (nSPS) is 10.9. The molecule has 2 aromatic carbocycles. The molecule has 0 saturated heterocycles. The Kier molecular flexibility index (Phi) is 8.48. The topological polar surface area (TPSA) is 66.9 Å². The van der Waals surface area contributed by atoms with Crippen molar-refractivity contribution in [3.63, 3.8) is 0 Å². The Balaban J connectivity index is 1.84. The van der Waals surface area contributed by atoms with Crippen LogP contribution >= 0.6 is 23.2 Å². The van der Waals surface area contributed by atoms with Gasteiger partial charge in [-0.1, -0.05) is 67.4 Å². The zero-order valence-electron chi connectivity index (χ0n) is 18.6. The minimum Gasteiger partial charge on any atom is -0.354 e. The van der Waals surface area contributed by atoms with Gasteiger partial charge in [-0.15, -0.1) is 0 Å². The Morgan fingerprint density at radius 1 is 1.03 bits per heavy atom. The molecule has 0 saturated carbocycles. The fourth-order valence-electron chi connectivity index (χ4n) is 3.35. The molecule has 3 aromatic rings. The molecule has 0 aliphatic rings. The van der Waals surface area contributed by atoms with Crippen LogP contribution in [0.1, 0.15) is 41.9 Å². The van der Waals surface area contributed by atoms with E-state index in [1.165, 1.54) is 5.56 Å². The Bertz CT molecular complexity index is 1050. The van der Waals surface area contributed by atoms with E-state index < -0.39 is 0 Å². The maximum atomic E-state index is 13.1. The van der Waals surface area contributed by atoms with Gasteiger partial charge in [-0.25, -0.2) is 9.97 Å². The molecule has 1 heterocycles. The van der Waals surface area contributed by atoms with Gasteiger partial charge in [0.15, 0.2) is 0 Å². The average Bonchev–Trinajstić information content (AvgIpc) is 2.74. The molecule has 0 atom stereocenters. The maximum Gasteiger partial charge on any atom is 0.255 e. The largest absolute Gasteiger partial charge is 0.354 e. The molecule has 168 valence electrons. The van der Waals surface area contributed by atoms with Gasteiger partial charge in [0.2, 0.25) is 5.95 Å². The lowest BCUT2D eigenvalue weighted by Gasteiger charge is -2.15. The molecule has 32 heavy (non-hydrogen) atoms. The number of aryl methyl sites for hydroxylation is 2. The van der Waals surface area contributed by atoms with Crippen LogP contribution in [0.2, 0.25) is 10.0 Å². The number of anilines is 1. The van der Waals surface area contributed by atoms with E-state index in [9.17, 15) is 4.79 Å². The molecule has 0 radical (unpaired) electrons. The first-order valence-electron chi connectivity index (χ1n) is 10.7. The summed E-state index contributed by atoms with van der Waals surface area (Å²) in [6.07, 6.45) is 1.73. The summed E-state index contributed by atoms with van der Waals surface area (Å²) in [5, 5.41) is 7.22. The number of carbonyl (C=O) groups is 1. The van der Waals surface area contributed by atoms with Gasteiger partial charge in [0.1, 0.15) is 0 Å². The van der Waals surface area contributed by atoms with Gasteiger partial charge in [0.25, 0.3) is 5.91 Å². The van der Waals surface area contributed by atoms with E-state index in [4.69, 9.17) is 23.2 Å². The van der Waals surface area contributed by atoms with Crippen molar-refractivity contribution in [2.75, 3.05) is 18.4 Å². The molecule has 1 aromatic heterocycles. The predicted molar refractivity (Wildman–Crippen MR) is 133 cm³/mol. The Morgan fingerprint density at radius 2 is 1.72 bits per heavy atom. The van der Waals surface area contributed by atoms with Crippen LogP contribution in [0.25, 0.3) is 11.3 Å². The summed E-state index contributed by atoms with van der Waals surface area (Å²) in [6.45, 7) is 7.30. The molecule has 1 amide bonds. The summed E-state index contributed by atoms with van der Waals surface area (Å²) in [5.74, 6) is 0.690. The molecule has 5 nitrogen and oxygen atoms in total. The van der Waals surface area contributed by atoms with Crippen molar-refractivity contribution in [1.82, 2.24) is 15.3 Å². The van der Waals surface area contributed by atoms with Gasteiger partial charge in [-0.2, -0.15) is 0 Å². The van der Waals surface area contributed by atoms with Gasteiger partial charge in [-0.3, -0.25) is 4.79 Å². The standard InChI is InChI=1S/C25H28Cl2N4O/c1-16(2)15-29-25-30-17(3)22(23(31-25)19-12-20(26)14-21(27)13-19)24(32)28-11-7-10-18-8-5-4-6-9-18/h4-6,8-9,12-14,16H,7,10-11,15H2,1-3H3,(H,28,32)(H,29,30,31). The lowest BCUT2D eigenvalue weighted by atomic mass is 10.0. The van der Waals surface area contributed by atoms with Gasteiger partial charge in [0.05, 0.1) is 17.0 Å². The average molecular weight is 471 g/mol. The number of carbonyl (C=O) groups excluding carboxylic acids is 1. The number of hydrogen-bond acceptors (Lipinski definition) is 4. The van der Waals surface area contributed by atoms with Crippen molar-refractivity contribution in [2.45, 2.75) is 33.6 Å². The van der Waals surface area contributed by atoms with E-state index in [0.29, 0.717) is 51.0 Å². The summed E-state index contributed by atoms with van der Waals surface area (Å²) >= 11 is 12.5. The van der Waals surface area contributed by atoms with E-state index >= 15 is 0 Å². The fourth-order valence-corrected chi connectivity index (χ4v) is 3.87. The first kappa shape index (κ1) is 24.0. The van der Waals surface area contributed by atoms with Crippen LogP contribution in [0.4, 0.5) is 5.95 Å². The molecule has 0 unspecified atom stereocenters. The van der Waals surface area contributed by atoms with Crippen LogP contribution in [-0.4, -0.2) is 29.0 Å². The Labute approximate surface area is 199 Å². The van der Waals surface area contributed by atoms with Crippen LogP contribution in [0, 0.1) is 12.8 Å². The number of halogens is 2. The van der Waals surface area contributed by atoms with Crippen molar-refractivity contribution in [3.8, 4) is 11.3 Å². The van der Waals surface area contributed by atoms with E-state index in [1.54, 1.807) is 18.2 Å². The second-order valence-electron chi connectivity index (χ2n) is 8.13. The summed E-state index contributed by atoms with van der Waals surface area (Å²) in [5.41, 5.74) is 3.45. The number of rotatable bonds is 9. The molecule has 0 bridgehead atoms. The van der Waals surface area contributed by atoms with E-state index in [-0.39, 0.29) is 5.91 Å². The monoisotopic (exact) mass is 470 g/mol.